The third-order valence-corrected chi connectivity index (χ3v) is 9.62. The molecule has 1 saturated heterocycles. The van der Waals surface area contributed by atoms with E-state index < -0.39 is 15.1 Å². The smallest absolute Gasteiger partial charge is 0.304 e. The number of rotatable bonds is 11. The van der Waals surface area contributed by atoms with Gasteiger partial charge in [-0.3, -0.25) is 9.45 Å². The monoisotopic (exact) mass is 593 g/mol. The molecule has 9 heteroatoms. The molecule has 224 valence electrons. The molecule has 1 aliphatic carbocycles. The fourth-order valence-electron chi connectivity index (χ4n) is 6.16. The fourth-order valence-corrected chi connectivity index (χ4v) is 7.30. The van der Waals surface area contributed by atoms with E-state index in [4.69, 9.17) is 18.9 Å². The number of ether oxygens (including phenoxy) is 4. The van der Waals surface area contributed by atoms with Crippen molar-refractivity contribution in [1.29, 1.82) is 0 Å². The van der Waals surface area contributed by atoms with Crippen LogP contribution in [0, 0.1) is 0 Å². The molecule has 3 aromatic carbocycles. The highest BCUT2D eigenvalue weighted by molar-refractivity contribution is 7.87. The predicted molar refractivity (Wildman–Crippen MR) is 164 cm³/mol. The van der Waals surface area contributed by atoms with E-state index in [1.165, 1.54) is 26.4 Å². The van der Waals surface area contributed by atoms with E-state index in [2.05, 4.69) is 4.90 Å². The van der Waals surface area contributed by atoms with Crippen LogP contribution in [0.2, 0.25) is 0 Å². The normalized spacial score (nSPS) is 17.3. The van der Waals surface area contributed by atoms with Crippen molar-refractivity contribution in [2.24, 2.45) is 0 Å². The van der Waals surface area contributed by atoms with E-state index in [9.17, 15) is 13.0 Å². The Balaban J connectivity index is 1.61. The van der Waals surface area contributed by atoms with Gasteiger partial charge >= 0.3 is 10.1 Å². The summed E-state index contributed by atoms with van der Waals surface area (Å²) in [5.74, 6) is 1.92. The number of piperidine rings is 1. The van der Waals surface area contributed by atoms with Gasteiger partial charge in [-0.25, -0.2) is 0 Å². The molecule has 1 unspecified atom stereocenters. The molecule has 0 bridgehead atoms. The molecule has 1 heterocycles. The van der Waals surface area contributed by atoms with Crippen molar-refractivity contribution in [3.05, 3.63) is 89.0 Å². The van der Waals surface area contributed by atoms with Crippen LogP contribution in [-0.2, 0) is 26.2 Å². The second-order valence-corrected chi connectivity index (χ2v) is 12.2. The van der Waals surface area contributed by atoms with Gasteiger partial charge in [0, 0.05) is 24.8 Å². The quantitative estimate of drug-likeness (QED) is 0.278. The third-order valence-electron chi connectivity index (χ3n) is 8.29. The highest BCUT2D eigenvalue weighted by atomic mass is 32.2. The van der Waals surface area contributed by atoms with E-state index in [1.54, 1.807) is 44.6 Å². The van der Waals surface area contributed by atoms with Gasteiger partial charge in [0.15, 0.2) is 0 Å². The number of benzene rings is 3. The van der Waals surface area contributed by atoms with Crippen LogP contribution in [0.25, 0.3) is 11.1 Å². The van der Waals surface area contributed by atoms with Crippen LogP contribution in [0.15, 0.2) is 66.7 Å². The minimum Gasteiger partial charge on any atom is -0.497 e. The van der Waals surface area contributed by atoms with Gasteiger partial charge in [-0.1, -0.05) is 36.8 Å². The first-order valence-electron chi connectivity index (χ1n) is 14.3. The predicted octanol–water partition coefficient (Wildman–Crippen LogP) is 5.81. The molecule has 1 atom stereocenters. The molecule has 0 saturated carbocycles. The van der Waals surface area contributed by atoms with Gasteiger partial charge in [0.25, 0.3) is 0 Å². The molecule has 8 nitrogen and oxygen atoms in total. The minimum atomic E-state index is -4.88. The van der Waals surface area contributed by atoms with Gasteiger partial charge in [0.05, 0.1) is 14.2 Å². The molecular formula is C33H39NO7S. The number of methoxy groups -OCH3 is 3. The summed E-state index contributed by atoms with van der Waals surface area (Å²) in [5, 5.41) is 0. The Kier molecular flexibility index (Phi) is 9.22. The van der Waals surface area contributed by atoms with E-state index >= 15 is 0 Å². The van der Waals surface area contributed by atoms with Crippen molar-refractivity contribution in [2.75, 3.05) is 47.6 Å². The van der Waals surface area contributed by atoms with Gasteiger partial charge in [0.2, 0.25) is 4.93 Å². The molecule has 0 aromatic heterocycles. The first-order chi connectivity index (χ1) is 20.3. The zero-order valence-electron chi connectivity index (χ0n) is 24.5. The minimum absolute atomic E-state index is 0.273. The van der Waals surface area contributed by atoms with E-state index in [1.807, 2.05) is 36.4 Å². The second-order valence-electron chi connectivity index (χ2n) is 10.7. The Morgan fingerprint density at radius 1 is 0.833 bits per heavy atom. The molecule has 1 N–H and O–H groups in total. The summed E-state index contributed by atoms with van der Waals surface area (Å²) in [6, 6.07) is 19.8. The molecule has 5 rings (SSSR count). The second kappa shape index (κ2) is 12.9. The average molecular weight is 594 g/mol. The zero-order valence-corrected chi connectivity index (χ0v) is 25.3. The van der Waals surface area contributed by atoms with Crippen molar-refractivity contribution in [3.63, 3.8) is 0 Å². The molecule has 2 aliphatic rings. The largest absolute Gasteiger partial charge is 0.497 e. The molecule has 1 aliphatic heterocycles. The van der Waals surface area contributed by atoms with Crippen molar-refractivity contribution in [1.82, 2.24) is 4.90 Å². The number of hydrogen-bond donors (Lipinski definition) is 1. The van der Waals surface area contributed by atoms with Crippen LogP contribution in [0.1, 0.15) is 47.9 Å². The van der Waals surface area contributed by atoms with Crippen molar-refractivity contribution in [2.45, 2.75) is 37.0 Å². The van der Waals surface area contributed by atoms with Gasteiger partial charge < -0.3 is 18.9 Å². The zero-order chi connectivity index (χ0) is 29.7. The number of allylic oxidation sites excluding steroid dienone is 1. The van der Waals surface area contributed by atoms with Crippen LogP contribution in [0.5, 0.6) is 17.2 Å². The summed E-state index contributed by atoms with van der Waals surface area (Å²) in [5.41, 5.74) is 3.74. The van der Waals surface area contributed by atoms with Crippen molar-refractivity contribution in [3.8, 4) is 17.2 Å². The van der Waals surface area contributed by atoms with Crippen LogP contribution >= 0.6 is 0 Å². The Hall–Kier alpha value is -3.37. The van der Waals surface area contributed by atoms with Gasteiger partial charge in [-0.05, 0) is 97.4 Å². The number of likely N-dealkylation sites (tertiary alicyclic amines) is 1. The highest BCUT2D eigenvalue weighted by Gasteiger charge is 2.52. The number of fused-ring (bicyclic) bond motifs is 1. The summed E-state index contributed by atoms with van der Waals surface area (Å²) in [7, 11) is -0.386. The highest BCUT2D eigenvalue weighted by Crippen LogP contribution is 2.52. The van der Waals surface area contributed by atoms with Gasteiger partial charge in [0.1, 0.15) is 23.9 Å². The summed E-state index contributed by atoms with van der Waals surface area (Å²) >= 11 is 0. The molecule has 42 heavy (non-hydrogen) atoms. The Morgan fingerprint density at radius 3 is 2.19 bits per heavy atom. The maximum absolute atomic E-state index is 13.6. The van der Waals surface area contributed by atoms with Crippen LogP contribution in [0.4, 0.5) is 0 Å². The summed E-state index contributed by atoms with van der Waals surface area (Å²) in [6.07, 6.45) is 4.88. The summed E-state index contributed by atoms with van der Waals surface area (Å²) in [4.78, 5) is 0.190. The van der Waals surface area contributed by atoms with Crippen LogP contribution in [0.3, 0.4) is 0 Å². The molecule has 3 aromatic rings. The maximum Gasteiger partial charge on any atom is 0.304 e. The topological polar surface area (TPSA) is 94.5 Å². The Bertz CT molecular complexity index is 1530. The lowest BCUT2D eigenvalue weighted by Gasteiger charge is -2.37. The standard InChI is InChI=1S/C33H39NO7S/c1-38-28-9-7-8-24(22-28)30-16-10-25-23-29(39-2)15-17-31(25)32(30)33(40-3,42(35,36)37)26-11-13-27(14-12-26)41-21-20-34-18-5-4-6-19-34/h7-9,11-15,17,22-23H,4-6,10,16,18-21H2,1-3H3,(H,35,36,37). The Morgan fingerprint density at radius 2 is 1.52 bits per heavy atom. The molecule has 1 fully saturated rings. The lowest BCUT2D eigenvalue weighted by Crippen LogP contribution is -2.40. The van der Waals surface area contributed by atoms with Gasteiger partial charge in [-0.15, -0.1) is 0 Å². The third kappa shape index (κ3) is 5.92. The lowest BCUT2D eigenvalue weighted by molar-refractivity contribution is 0.100. The SMILES string of the molecule is COc1cccc(C2=C(C(OC)(c3ccc(OCCN4CCCCC4)cc3)S(=O)(=O)O)c3ccc(OC)cc3CC2)c1. The summed E-state index contributed by atoms with van der Waals surface area (Å²) in [6.45, 7) is 3.55. The number of hydrogen-bond acceptors (Lipinski definition) is 7. The first-order valence-corrected chi connectivity index (χ1v) is 15.8. The molecule has 0 spiro atoms. The van der Waals surface area contributed by atoms with Gasteiger partial charge in [-0.2, -0.15) is 8.42 Å². The average Bonchev–Trinajstić information content (AvgIpc) is 3.02. The maximum atomic E-state index is 13.6. The van der Waals surface area contributed by atoms with E-state index in [0.717, 1.165) is 36.3 Å². The lowest BCUT2D eigenvalue weighted by atomic mass is 9.78. The Labute approximate surface area is 248 Å². The van der Waals surface area contributed by atoms with Crippen LogP contribution in [-0.4, -0.2) is 65.4 Å². The van der Waals surface area contributed by atoms with Crippen LogP contribution < -0.4 is 14.2 Å². The van der Waals surface area contributed by atoms with Crippen molar-refractivity contribution >= 4 is 21.3 Å². The fraction of sp³-hybridized carbons (Fsp3) is 0.394. The number of nitrogens with zero attached hydrogens (tertiary/aromatic N) is 1. The molecule has 0 amide bonds. The van der Waals surface area contributed by atoms with Crippen molar-refractivity contribution < 1.29 is 31.9 Å². The summed E-state index contributed by atoms with van der Waals surface area (Å²) < 4.78 is 61.0. The molecular weight excluding hydrogens is 554 g/mol. The number of aryl methyl sites for hydroxylation is 1. The first kappa shape index (κ1) is 30.1. The van der Waals surface area contributed by atoms with E-state index in [0.29, 0.717) is 47.8 Å². The molecule has 0 radical (unpaired) electrons. The van der Waals surface area contributed by atoms with E-state index in [-0.39, 0.29) is 5.56 Å².